The summed E-state index contributed by atoms with van der Waals surface area (Å²) in [5, 5.41) is 4.85. The highest BCUT2D eigenvalue weighted by molar-refractivity contribution is 6.10. The molecule has 0 N–H and O–H groups in total. The fourth-order valence-electron chi connectivity index (χ4n) is 3.26. The number of fused-ring (bicyclic) bond motifs is 1. The zero-order valence-electron chi connectivity index (χ0n) is 16.1. The zero-order chi connectivity index (χ0) is 19.7. The number of nitrogens with zero attached hydrogens (tertiary/aromatic N) is 3. The molecular formula is C22H21N3O3. The number of rotatable bonds is 5. The van der Waals surface area contributed by atoms with E-state index in [4.69, 9.17) is 8.94 Å². The Balaban J connectivity index is 1.96. The van der Waals surface area contributed by atoms with Crippen molar-refractivity contribution in [3.05, 3.63) is 59.9 Å². The van der Waals surface area contributed by atoms with Crippen LogP contribution in [0.5, 0.6) is 0 Å². The van der Waals surface area contributed by atoms with E-state index < -0.39 is 0 Å². The zero-order valence-corrected chi connectivity index (χ0v) is 16.1. The molecule has 4 rings (SSSR count). The van der Waals surface area contributed by atoms with Crippen LogP contribution in [0.1, 0.15) is 29.8 Å². The fraction of sp³-hybridized carbons (Fsp3) is 0.227. The number of furan rings is 1. The highest BCUT2D eigenvalue weighted by Crippen LogP contribution is 2.33. The van der Waals surface area contributed by atoms with E-state index in [2.05, 4.69) is 10.1 Å². The van der Waals surface area contributed by atoms with Crippen LogP contribution >= 0.6 is 0 Å². The summed E-state index contributed by atoms with van der Waals surface area (Å²) in [6, 6.07) is 13.3. The molecule has 0 spiro atoms. The molecule has 142 valence electrons. The van der Waals surface area contributed by atoms with E-state index in [-0.39, 0.29) is 5.91 Å². The Kier molecular flexibility index (Phi) is 4.69. The number of benzene rings is 1. The van der Waals surface area contributed by atoms with Crippen molar-refractivity contribution in [1.82, 2.24) is 15.0 Å². The van der Waals surface area contributed by atoms with Crippen LogP contribution in [0.2, 0.25) is 0 Å². The van der Waals surface area contributed by atoms with Gasteiger partial charge in [0.2, 0.25) is 0 Å². The van der Waals surface area contributed by atoms with Crippen molar-refractivity contribution in [2.45, 2.75) is 20.8 Å². The van der Waals surface area contributed by atoms with Gasteiger partial charge in [0.1, 0.15) is 11.4 Å². The Hall–Kier alpha value is -3.41. The van der Waals surface area contributed by atoms with Crippen LogP contribution < -0.4 is 0 Å². The van der Waals surface area contributed by atoms with Gasteiger partial charge in [-0.25, -0.2) is 4.98 Å². The molecule has 0 fully saturated rings. The number of hydrogen-bond acceptors (Lipinski definition) is 5. The molecule has 0 aliphatic heterocycles. The smallest absolute Gasteiger partial charge is 0.259 e. The molecule has 0 unspecified atom stereocenters. The van der Waals surface area contributed by atoms with Crippen LogP contribution in [0.4, 0.5) is 0 Å². The lowest BCUT2D eigenvalue weighted by molar-refractivity contribution is 0.0775. The molecule has 0 bridgehead atoms. The van der Waals surface area contributed by atoms with Crippen molar-refractivity contribution in [3.8, 4) is 22.7 Å². The molecule has 6 nitrogen and oxygen atoms in total. The van der Waals surface area contributed by atoms with Crippen molar-refractivity contribution in [1.29, 1.82) is 0 Å². The summed E-state index contributed by atoms with van der Waals surface area (Å²) < 4.78 is 11.0. The molecule has 0 saturated carbocycles. The van der Waals surface area contributed by atoms with Gasteiger partial charge < -0.3 is 13.8 Å². The minimum Gasteiger partial charge on any atom is -0.463 e. The highest BCUT2D eigenvalue weighted by Gasteiger charge is 2.24. The summed E-state index contributed by atoms with van der Waals surface area (Å²) in [7, 11) is 0. The number of pyridine rings is 1. The van der Waals surface area contributed by atoms with E-state index in [1.807, 2.05) is 45.0 Å². The van der Waals surface area contributed by atoms with Gasteiger partial charge in [0, 0.05) is 18.7 Å². The first-order chi connectivity index (χ1) is 13.6. The second-order valence-corrected chi connectivity index (χ2v) is 6.59. The van der Waals surface area contributed by atoms with Crippen molar-refractivity contribution >= 4 is 17.0 Å². The molecule has 0 saturated heterocycles. The van der Waals surface area contributed by atoms with Crippen LogP contribution in [0.25, 0.3) is 33.8 Å². The second-order valence-electron chi connectivity index (χ2n) is 6.59. The van der Waals surface area contributed by atoms with Crippen molar-refractivity contribution in [2.24, 2.45) is 0 Å². The SMILES string of the molecule is CCN(CC)C(=O)c1cc(-c2ccco2)nc2onc(-c3ccc(C)cc3)c12. The molecular weight excluding hydrogens is 354 g/mol. The Labute approximate surface area is 162 Å². The number of aromatic nitrogens is 2. The summed E-state index contributed by atoms with van der Waals surface area (Å²) in [4.78, 5) is 19.6. The van der Waals surface area contributed by atoms with E-state index in [0.717, 1.165) is 11.1 Å². The minimum absolute atomic E-state index is 0.0817. The summed E-state index contributed by atoms with van der Waals surface area (Å²) in [5.41, 5.74) is 4.01. The number of carbonyl (C=O) groups excluding carboxylic acids is 1. The van der Waals surface area contributed by atoms with E-state index in [9.17, 15) is 4.79 Å². The third kappa shape index (κ3) is 3.07. The van der Waals surface area contributed by atoms with E-state index >= 15 is 0 Å². The molecule has 0 atom stereocenters. The highest BCUT2D eigenvalue weighted by atomic mass is 16.5. The second kappa shape index (κ2) is 7.31. The molecule has 3 aromatic heterocycles. The topological polar surface area (TPSA) is 72.4 Å². The normalized spacial score (nSPS) is 11.1. The Morgan fingerprint density at radius 1 is 1.11 bits per heavy atom. The first kappa shape index (κ1) is 18.0. The third-order valence-corrected chi connectivity index (χ3v) is 4.83. The first-order valence-corrected chi connectivity index (χ1v) is 9.33. The maximum atomic E-state index is 13.3. The number of carbonyl (C=O) groups is 1. The van der Waals surface area contributed by atoms with Gasteiger partial charge in [0.25, 0.3) is 11.6 Å². The van der Waals surface area contributed by atoms with Crippen molar-refractivity contribution in [3.63, 3.8) is 0 Å². The molecule has 1 aromatic carbocycles. The Morgan fingerprint density at radius 2 is 1.86 bits per heavy atom. The van der Waals surface area contributed by atoms with Gasteiger partial charge in [0.05, 0.1) is 17.2 Å². The monoisotopic (exact) mass is 375 g/mol. The average Bonchev–Trinajstić information content (AvgIpc) is 3.39. The third-order valence-electron chi connectivity index (χ3n) is 4.83. The van der Waals surface area contributed by atoms with E-state index in [1.165, 1.54) is 0 Å². The van der Waals surface area contributed by atoms with Gasteiger partial charge in [-0.05, 0) is 39.0 Å². The number of amides is 1. The molecule has 1 amide bonds. The minimum atomic E-state index is -0.0817. The maximum Gasteiger partial charge on any atom is 0.259 e. The predicted molar refractivity (Wildman–Crippen MR) is 107 cm³/mol. The lowest BCUT2D eigenvalue weighted by Gasteiger charge is -2.19. The van der Waals surface area contributed by atoms with Gasteiger partial charge in [0.15, 0.2) is 5.76 Å². The average molecular weight is 375 g/mol. The van der Waals surface area contributed by atoms with Crippen molar-refractivity contribution in [2.75, 3.05) is 13.1 Å². The fourth-order valence-corrected chi connectivity index (χ4v) is 3.26. The quantitative estimate of drug-likeness (QED) is 0.494. The van der Waals surface area contributed by atoms with E-state index in [1.54, 1.807) is 29.4 Å². The van der Waals surface area contributed by atoms with Crippen molar-refractivity contribution < 1.29 is 13.7 Å². The summed E-state index contributed by atoms with van der Waals surface area (Å²) in [6.45, 7) is 7.17. The van der Waals surface area contributed by atoms with Gasteiger partial charge >= 0.3 is 0 Å². The Morgan fingerprint density at radius 3 is 2.50 bits per heavy atom. The van der Waals surface area contributed by atoms with Gasteiger partial charge in [-0.3, -0.25) is 4.79 Å². The van der Waals surface area contributed by atoms with Gasteiger partial charge in [-0.1, -0.05) is 35.0 Å². The standard InChI is InChI=1S/C22H21N3O3/c1-4-25(5-2)22(26)16-13-17(18-7-6-12-27-18)23-21-19(16)20(24-28-21)15-10-8-14(3)9-11-15/h6-13H,4-5H2,1-3H3. The lowest BCUT2D eigenvalue weighted by Crippen LogP contribution is -2.30. The molecule has 3 heterocycles. The number of aryl methyl sites for hydroxylation is 1. The van der Waals surface area contributed by atoms with Gasteiger partial charge in [-0.15, -0.1) is 0 Å². The maximum absolute atomic E-state index is 13.3. The van der Waals surface area contributed by atoms with Gasteiger partial charge in [-0.2, -0.15) is 0 Å². The summed E-state index contributed by atoms with van der Waals surface area (Å²) in [5.74, 6) is 0.491. The molecule has 0 radical (unpaired) electrons. The molecule has 6 heteroatoms. The molecule has 28 heavy (non-hydrogen) atoms. The largest absolute Gasteiger partial charge is 0.463 e. The van der Waals surface area contributed by atoms with Crippen LogP contribution in [0, 0.1) is 6.92 Å². The molecule has 4 aromatic rings. The van der Waals surface area contributed by atoms with E-state index in [0.29, 0.717) is 46.9 Å². The van der Waals surface area contributed by atoms with Crippen LogP contribution in [-0.2, 0) is 0 Å². The molecule has 0 aliphatic carbocycles. The molecule has 0 aliphatic rings. The van der Waals surface area contributed by atoms with Crippen LogP contribution in [-0.4, -0.2) is 34.0 Å². The first-order valence-electron chi connectivity index (χ1n) is 9.33. The Bertz CT molecular complexity index is 1110. The summed E-state index contributed by atoms with van der Waals surface area (Å²) >= 11 is 0. The lowest BCUT2D eigenvalue weighted by atomic mass is 10.0. The van der Waals surface area contributed by atoms with Crippen LogP contribution in [0.15, 0.2) is 57.7 Å². The predicted octanol–water partition coefficient (Wildman–Crippen LogP) is 4.94. The summed E-state index contributed by atoms with van der Waals surface area (Å²) in [6.07, 6.45) is 1.57. The van der Waals surface area contributed by atoms with Crippen LogP contribution in [0.3, 0.4) is 0 Å². The number of hydrogen-bond donors (Lipinski definition) is 0.